The highest BCUT2D eigenvalue weighted by molar-refractivity contribution is 7.89. The molecule has 3 aromatic rings. The topological polar surface area (TPSA) is 81.2 Å². The van der Waals surface area contributed by atoms with Crippen molar-refractivity contribution in [3.8, 4) is 5.75 Å². The monoisotopic (exact) mass is 389 g/mol. The van der Waals surface area contributed by atoms with E-state index in [4.69, 9.17) is 4.74 Å². The van der Waals surface area contributed by atoms with Crippen molar-refractivity contribution < 1.29 is 13.2 Å². The first-order valence-electron chi connectivity index (χ1n) is 8.05. The fourth-order valence-corrected chi connectivity index (χ4v) is 3.99. The smallest absolute Gasteiger partial charge is 0.240 e. The van der Waals surface area contributed by atoms with Crippen molar-refractivity contribution in [1.29, 1.82) is 0 Å². The molecule has 0 aliphatic heterocycles. The van der Waals surface area contributed by atoms with Gasteiger partial charge in [0.2, 0.25) is 10.0 Å². The Morgan fingerprint density at radius 2 is 2.00 bits per heavy atom. The first kappa shape index (κ1) is 18.5. The van der Waals surface area contributed by atoms with Crippen LogP contribution >= 0.6 is 11.3 Å². The molecule has 0 amide bonds. The van der Waals surface area contributed by atoms with E-state index in [1.807, 2.05) is 24.4 Å². The zero-order valence-electron chi connectivity index (χ0n) is 14.3. The number of aryl methyl sites for hydroxylation is 1. The Morgan fingerprint density at radius 3 is 2.73 bits per heavy atom. The van der Waals surface area contributed by atoms with Gasteiger partial charge >= 0.3 is 0 Å². The number of aromatic nitrogens is 2. The molecule has 0 atom stereocenters. The standard InChI is InChI=1S/C18H19N3O3S2/c1-14-4-6-17(7-5-14)26(22,23)20-10-8-15-13-25-18(21-15)12-24-16-3-2-9-19-11-16/h2-7,9,11,13,20H,8,10,12H2,1H3. The van der Waals surface area contributed by atoms with Gasteiger partial charge in [-0.05, 0) is 31.2 Å². The van der Waals surface area contributed by atoms with E-state index in [1.54, 1.807) is 36.7 Å². The van der Waals surface area contributed by atoms with Gasteiger partial charge in [-0.25, -0.2) is 18.1 Å². The predicted molar refractivity (Wildman–Crippen MR) is 101 cm³/mol. The predicted octanol–water partition coefficient (Wildman–Crippen LogP) is 2.95. The molecule has 2 heterocycles. The lowest BCUT2D eigenvalue weighted by atomic mass is 10.2. The average Bonchev–Trinajstić information content (AvgIpc) is 3.09. The third-order valence-electron chi connectivity index (χ3n) is 3.60. The van der Waals surface area contributed by atoms with Gasteiger partial charge in [0.05, 0.1) is 16.8 Å². The number of rotatable bonds is 8. The zero-order valence-corrected chi connectivity index (χ0v) is 15.9. The van der Waals surface area contributed by atoms with Gasteiger partial charge < -0.3 is 4.74 Å². The zero-order chi connectivity index (χ0) is 18.4. The number of pyridine rings is 1. The third-order valence-corrected chi connectivity index (χ3v) is 5.95. The maximum atomic E-state index is 12.2. The lowest BCUT2D eigenvalue weighted by Gasteiger charge is -2.06. The number of hydrogen-bond acceptors (Lipinski definition) is 6. The minimum absolute atomic E-state index is 0.270. The van der Waals surface area contributed by atoms with Crippen molar-refractivity contribution in [2.75, 3.05) is 6.54 Å². The summed E-state index contributed by atoms with van der Waals surface area (Å²) in [5.41, 5.74) is 1.86. The van der Waals surface area contributed by atoms with Gasteiger partial charge in [-0.1, -0.05) is 17.7 Å². The number of nitrogens with zero attached hydrogens (tertiary/aromatic N) is 2. The molecule has 0 saturated carbocycles. The molecule has 1 aromatic carbocycles. The Kier molecular flexibility index (Phi) is 5.97. The summed E-state index contributed by atoms with van der Waals surface area (Å²) in [6, 6.07) is 10.4. The van der Waals surface area contributed by atoms with E-state index in [0.29, 0.717) is 25.3 Å². The van der Waals surface area contributed by atoms with Crippen LogP contribution in [0.15, 0.2) is 59.1 Å². The molecule has 1 N–H and O–H groups in total. The number of hydrogen-bond donors (Lipinski definition) is 1. The van der Waals surface area contributed by atoms with E-state index in [0.717, 1.165) is 16.3 Å². The highest BCUT2D eigenvalue weighted by Gasteiger charge is 2.13. The van der Waals surface area contributed by atoms with Crippen LogP contribution in [0, 0.1) is 6.92 Å². The molecule has 0 aliphatic rings. The Bertz CT molecular complexity index is 939. The van der Waals surface area contributed by atoms with Crippen LogP contribution in [0.1, 0.15) is 16.3 Å². The van der Waals surface area contributed by atoms with E-state index in [2.05, 4.69) is 14.7 Å². The van der Waals surface area contributed by atoms with Crippen LogP contribution in [0.3, 0.4) is 0 Å². The number of thiazole rings is 1. The van der Waals surface area contributed by atoms with Crippen LogP contribution in [0.25, 0.3) is 0 Å². The first-order valence-corrected chi connectivity index (χ1v) is 10.4. The third kappa shape index (κ3) is 5.10. The summed E-state index contributed by atoms with van der Waals surface area (Å²) in [6.45, 7) is 2.58. The number of ether oxygens (including phenoxy) is 1. The molecule has 0 unspecified atom stereocenters. The molecule has 0 spiro atoms. The highest BCUT2D eigenvalue weighted by Crippen LogP contribution is 2.15. The average molecular weight is 390 g/mol. The maximum Gasteiger partial charge on any atom is 0.240 e. The fraction of sp³-hybridized carbons (Fsp3) is 0.222. The molecule has 0 bridgehead atoms. The lowest BCUT2D eigenvalue weighted by Crippen LogP contribution is -2.26. The molecular weight excluding hydrogens is 370 g/mol. The Balaban J connectivity index is 1.49. The van der Waals surface area contributed by atoms with E-state index >= 15 is 0 Å². The van der Waals surface area contributed by atoms with Gasteiger partial charge in [0, 0.05) is 24.5 Å². The summed E-state index contributed by atoms with van der Waals surface area (Å²) in [7, 11) is -3.49. The van der Waals surface area contributed by atoms with Gasteiger partial charge in [0.25, 0.3) is 0 Å². The van der Waals surface area contributed by atoms with Crippen LogP contribution in [0.2, 0.25) is 0 Å². The second-order valence-electron chi connectivity index (χ2n) is 5.67. The second kappa shape index (κ2) is 8.39. The van der Waals surface area contributed by atoms with E-state index < -0.39 is 10.0 Å². The molecular formula is C18H19N3O3S2. The van der Waals surface area contributed by atoms with Crippen LogP contribution in [-0.2, 0) is 23.1 Å². The van der Waals surface area contributed by atoms with Crippen LogP contribution in [-0.4, -0.2) is 24.9 Å². The van der Waals surface area contributed by atoms with Gasteiger partial charge in [0.1, 0.15) is 17.4 Å². The van der Waals surface area contributed by atoms with Crippen LogP contribution < -0.4 is 9.46 Å². The normalized spacial score (nSPS) is 11.4. The van der Waals surface area contributed by atoms with Gasteiger partial charge in [-0.2, -0.15) is 0 Å². The largest absolute Gasteiger partial charge is 0.485 e. The lowest BCUT2D eigenvalue weighted by molar-refractivity contribution is 0.304. The molecule has 0 saturated heterocycles. The second-order valence-corrected chi connectivity index (χ2v) is 8.38. The van der Waals surface area contributed by atoms with Gasteiger partial charge in [-0.15, -0.1) is 11.3 Å². The van der Waals surface area contributed by atoms with Crippen molar-refractivity contribution >= 4 is 21.4 Å². The quantitative estimate of drug-likeness (QED) is 0.641. The Hall–Kier alpha value is -2.29. The first-order chi connectivity index (χ1) is 12.5. The fourth-order valence-electron chi connectivity index (χ4n) is 2.22. The van der Waals surface area contributed by atoms with E-state index in [-0.39, 0.29) is 4.90 Å². The minimum atomic E-state index is -3.49. The van der Waals surface area contributed by atoms with Crippen molar-refractivity contribution in [1.82, 2.24) is 14.7 Å². The summed E-state index contributed by atoms with van der Waals surface area (Å²) in [4.78, 5) is 8.73. The molecule has 136 valence electrons. The Labute approximate surface area is 157 Å². The molecule has 6 nitrogen and oxygen atoms in total. The van der Waals surface area contributed by atoms with Gasteiger partial charge in [0.15, 0.2) is 0 Å². The number of benzene rings is 1. The molecule has 0 fully saturated rings. The van der Waals surface area contributed by atoms with Crippen LogP contribution in [0.4, 0.5) is 0 Å². The summed E-state index contributed by atoms with van der Waals surface area (Å²) < 4.78 is 32.7. The van der Waals surface area contributed by atoms with E-state index in [1.165, 1.54) is 11.3 Å². The number of sulfonamides is 1. The van der Waals surface area contributed by atoms with Gasteiger partial charge in [-0.3, -0.25) is 4.98 Å². The number of nitrogens with one attached hydrogen (secondary N) is 1. The molecule has 2 aromatic heterocycles. The molecule has 3 rings (SSSR count). The molecule has 0 aliphatic carbocycles. The molecule has 26 heavy (non-hydrogen) atoms. The maximum absolute atomic E-state index is 12.2. The molecule has 8 heteroatoms. The Morgan fingerprint density at radius 1 is 1.19 bits per heavy atom. The van der Waals surface area contributed by atoms with E-state index in [9.17, 15) is 8.42 Å². The van der Waals surface area contributed by atoms with Crippen molar-refractivity contribution in [2.24, 2.45) is 0 Å². The van der Waals surface area contributed by atoms with Crippen molar-refractivity contribution in [3.05, 3.63) is 70.4 Å². The van der Waals surface area contributed by atoms with Crippen molar-refractivity contribution in [2.45, 2.75) is 24.8 Å². The SMILES string of the molecule is Cc1ccc(S(=O)(=O)NCCc2csc(COc3cccnc3)n2)cc1. The summed E-state index contributed by atoms with van der Waals surface area (Å²) in [5, 5.41) is 2.76. The highest BCUT2D eigenvalue weighted by atomic mass is 32.2. The molecule has 0 radical (unpaired) electrons. The minimum Gasteiger partial charge on any atom is -0.485 e. The summed E-state index contributed by atoms with van der Waals surface area (Å²) in [5.74, 6) is 0.690. The van der Waals surface area contributed by atoms with Crippen LogP contribution in [0.5, 0.6) is 5.75 Å². The van der Waals surface area contributed by atoms with Crippen molar-refractivity contribution in [3.63, 3.8) is 0 Å². The summed E-state index contributed by atoms with van der Waals surface area (Å²) in [6.07, 6.45) is 3.86. The summed E-state index contributed by atoms with van der Waals surface area (Å²) >= 11 is 1.49.